The van der Waals surface area contributed by atoms with E-state index >= 15 is 0 Å². The third kappa shape index (κ3) is 2.84. The van der Waals surface area contributed by atoms with Gasteiger partial charge in [-0.1, -0.05) is 24.4 Å². The summed E-state index contributed by atoms with van der Waals surface area (Å²) in [5.41, 5.74) is 8.55. The lowest BCUT2D eigenvalue weighted by Crippen LogP contribution is -2.45. The van der Waals surface area contributed by atoms with Crippen LogP contribution in [0.5, 0.6) is 0 Å². The van der Waals surface area contributed by atoms with Crippen LogP contribution < -0.4 is 0 Å². The molecule has 0 saturated heterocycles. The van der Waals surface area contributed by atoms with Crippen molar-refractivity contribution >= 4 is 0 Å². The Morgan fingerprint density at radius 2 is 1.87 bits per heavy atom. The maximum absolute atomic E-state index is 8.55. The molecule has 0 amide bonds. The molecule has 15 heavy (non-hydrogen) atoms. The van der Waals surface area contributed by atoms with Crippen LogP contribution in [0.25, 0.3) is 10.4 Å². The average molecular weight is 213 g/mol. The molecule has 5 heteroatoms. The standard InChI is InChI=1S/C10H19N3O2/c1-14-10(15-2)8-6-4-3-5-7-9(10)12-13-11/h9H,3-8H2,1-2H3. The van der Waals surface area contributed by atoms with E-state index in [2.05, 4.69) is 10.0 Å². The number of nitrogens with zero attached hydrogens (tertiary/aromatic N) is 3. The number of methoxy groups -OCH3 is 2. The summed E-state index contributed by atoms with van der Waals surface area (Å²) in [7, 11) is 3.23. The predicted octanol–water partition coefficient (Wildman–Crippen LogP) is 3.01. The largest absolute Gasteiger partial charge is 0.353 e. The molecule has 1 unspecified atom stereocenters. The summed E-state index contributed by atoms with van der Waals surface area (Å²) in [5.74, 6) is -0.716. The summed E-state index contributed by atoms with van der Waals surface area (Å²) in [6, 6.07) is -0.210. The lowest BCUT2D eigenvalue weighted by molar-refractivity contribution is -0.226. The van der Waals surface area contributed by atoms with Gasteiger partial charge in [0.05, 0.1) is 6.04 Å². The number of hydrogen-bond donors (Lipinski definition) is 0. The Morgan fingerprint density at radius 1 is 1.20 bits per heavy atom. The van der Waals surface area contributed by atoms with E-state index in [1.165, 1.54) is 12.8 Å². The van der Waals surface area contributed by atoms with Gasteiger partial charge in [-0.15, -0.1) is 0 Å². The highest BCUT2D eigenvalue weighted by molar-refractivity contribution is 4.87. The van der Waals surface area contributed by atoms with Gasteiger partial charge in [0.25, 0.3) is 0 Å². The Morgan fingerprint density at radius 3 is 2.47 bits per heavy atom. The minimum Gasteiger partial charge on any atom is -0.353 e. The molecule has 0 heterocycles. The molecule has 1 fully saturated rings. The quantitative estimate of drug-likeness (QED) is 0.313. The van der Waals surface area contributed by atoms with E-state index < -0.39 is 5.79 Å². The Kier molecular flexibility index (Phi) is 4.88. The SMILES string of the molecule is COC1(OC)CCCCCCC1N=[N+]=[N-]. The van der Waals surface area contributed by atoms with Gasteiger partial charge in [-0.05, 0) is 18.4 Å². The van der Waals surface area contributed by atoms with Crippen molar-refractivity contribution in [2.75, 3.05) is 14.2 Å². The van der Waals surface area contributed by atoms with E-state index in [1.807, 2.05) is 0 Å². The van der Waals surface area contributed by atoms with E-state index in [-0.39, 0.29) is 6.04 Å². The molecule has 1 aliphatic carbocycles. The van der Waals surface area contributed by atoms with Crippen molar-refractivity contribution in [2.45, 2.75) is 50.4 Å². The van der Waals surface area contributed by atoms with Gasteiger partial charge in [-0.2, -0.15) is 0 Å². The zero-order chi connectivity index (χ0) is 11.1. The zero-order valence-corrected chi connectivity index (χ0v) is 9.48. The summed E-state index contributed by atoms with van der Waals surface area (Å²) in [4.78, 5) is 2.89. The molecule has 0 aromatic rings. The molecule has 1 atom stereocenters. The highest BCUT2D eigenvalue weighted by atomic mass is 16.7. The maximum atomic E-state index is 8.55. The first-order chi connectivity index (χ1) is 7.29. The van der Waals surface area contributed by atoms with Crippen molar-refractivity contribution in [3.8, 4) is 0 Å². The van der Waals surface area contributed by atoms with E-state index in [0.717, 1.165) is 25.7 Å². The molecule has 0 aliphatic heterocycles. The molecule has 0 aromatic carbocycles. The number of azide groups is 1. The Balaban J connectivity index is 2.84. The molecule has 1 saturated carbocycles. The lowest BCUT2D eigenvalue weighted by Gasteiger charge is -2.37. The molecule has 0 aromatic heterocycles. The zero-order valence-electron chi connectivity index (χ0n) is 9.48. The topological polar surface area (TPSA) is 67.2 Å². The predicted molar refractivity (Wildman–Crippen MR) is 57.4 cm³/mol. The molecular weight excluding hydrogens is 194 g/mol. The second-order valence-corrected chi connectivity index (χ2v) is 3.89. The summed E-state index contributed by atoms with van der Waals surface area (Å²) >= 11 is 0. The molecule has 0 bridgehead atoms. The highest BCUT2D eigenvalue weighted by Crippen LogP contribution is 2.32. The summed E-state index contributed by atoms with van der Waals surface area (Å²) < 4.78 is 10.9. The number of rotatable bonds is 3. The van der Waals surface area contributed by atoms with Crippen LogP contribution in [0.2, 0.25) is 0 Å². The van der Waals surface area contributed by atoms with E-state index in [4.69, 9.17) is 15.0 Å². The van der Waals surface area contributed by atoms with Gasteiger partial charge >= 0.3 is 0 Å². The fourth-order valence-electron chi connectivity index (χ4n) is 2.22. The van der Waals surface area contributed by atoms with Crippen molar-refractivity contribution in [1.82, 2.24) is 0 Å². The van der Waals surface area contributed by atoms with Gasteiger partial charge in [0.2, 0.25) is 0 Å². The van der Waals surface area contributed by atoms with Crippen LogP contribution in [0, 0.1) is 0 Å². The van der Waals surface area contributed by atoms with Crippen LogP contribution in [0.1, 0.15) is 38.5 Å². The van der Waals surface area contributed by atoms with Crippen molar-refractivity contribution < 1.29 is 9.47 Å². The molecule has 0 N–H and O–H groups in total. The first-order valence-corrected chi connectivity index (χ1v) is 5.43. The van der Waals surface area contributed by atoms with Crippen LogP contribution in [0.3, 0.4) is 0 Å². The van der Waals surface area contributed by atoms with Crippen molar-refractivity contribution in [3.05, 3.63) is 10.4 Å². The smallest absolute Gasteiger partial charge is 0.175 e. The van der Waals surface area contributed by atoms with Gasteiger partial charge in [-0.25, -0.2) is 0 Å². The maximum Gasteiger partial charge on any atom is 0.175 e. The Bertz CT molecular complexity index is 235. The fraction of sp³-hybridized carbons (Fsp3) is 1.00. The minimum absolute atomic E-state index is 0.210. The summed E-state index contributed by atoms with van der Waals surface area (Å²) in [5, 5.41) is 3.81. The van der Waals surface area contributed by atoms with E-state index in [9.17, 15) is 0 Å². The molecule has 5 nitrogen and oxygen atoms in total. The molecule has 0 spiro atoms. The van der Waals surface area contributed by atoms with Crippen LogP contribution in [0.15, 0.2) is 5.11 Å². The second kappa shape index (κ2) is 5.95. The van der Waals surface area contributed by atoms with Crippen molar-refractivity contribution in [1.29, 1.82) is 0 Å². The fourth-order valence-corrected chi connectivity index (χ4v) is 2.22. The van der Waals surface area contributed by atoms with Gasteiger partial charge in [0.1, 0.15) is 0 Å². The summed E-state index contributed by atoms with van der Waals surface area (Å²) in [6.07, 6.45) is 6.14. The normalized spacial score (nSPS) is 26.1. The minimum atomic E-state index is -0.716. The van der Waals surface area contributed by atoms with Crippen LogP contribution in [-0.2, 0) is 9.47 Å². The molecular formula is C10H19N3O2. The van der Waals surface area contributed by atoms with Gasteiger partial charge in [-0.3, -0.25) is 0 Å². The van der Waals surface area contributed by atoms with Crippen molar-refractivity contribution in [3.63, 3.8) is 0 Å². The third-order valence-electron chi connectivity index (χ3n) is 3.14. The van der Waals surface area contributed by atoms with Gasteiger partial charge in [0, 0.05) is 25.6 Å². The highest BCUT2D eigenvalue weighted by Gasteiger charge is 2.38. The average Bonchev–Trinajstić information content (AvgIpc) is 2.24. The molecule has 0 radical (unpaired) electrons. The number of ether oxygens (including phenoxy) is 2. The number of hydrogen-bond acceptors (Lipinski definition) is 3. The Hall–Kier alpha value is -0.770. The first-order valence-electron chi connectivity index (χ1n) is 5.43. The summed E-state index contributed by atoms with van der Waals surface area (Å²) in [6.45, 7) is 0. The Labute approximate surface area is 90.4 Å². The van der Waals surface area contributed by atoms with E-state index in [1.54, 1.807) is 14.2 Å². The molecule has 86 valence electrons. The van der Waals surface area contributed by atoms with Crippen LogP contribution in [-0.4, -0.2) is 26.0 Å². The van der Waals surface area contributed by atoms with Crippen molar-refractivity contribution in [2.24, 2.45) is 5.11 Å². The monoisotopic (exact) mass is 213 g/mol. The third-order valence-corrected chi connectivity index (χ3v) is 3.14. The lowest BCUT2D eigenvalue weighted by atomic mass is 9.91. The van der Waals surface area contributed by atoms with Crippen LogP contribution >= 0.6 is 0 Å². The first kappa shape index (κ1) is 12.3. The second-order valence-electron chi connectivity index (χ2n) is 3.89. The van der Waals surface area contributed by atoms with Crippen LogP contribution in [0.4, 0.5) is 0 Å². The van der Waals surface area contributed by atoms with Gasteiger partial charge < -0.3 is 9.47 Å². The molecule has 1 aliphatic rings. The molecule has 1 rings (SSSR count). The van der Waals surface area contributed by atoms with E-state index in [0.29, 0.717) is 0 Å². The van der Waals surface area contributed by atoms with Gasteiger partial charge in [0.15, 0.2) is 5.79 Å².